The molecule has 1 atom stereocenters. The van der Waals surface area contributed by atoms with Gasteiger partial charge in [0.15, 0.2) is 0 Å². The molecule has 0 aliphatic heterocycles. The summed E-state index contributed by atoms with van der Waals surface area (Å²) in [6, 6.07) is 31.9. The van der Waals surface area contributed by atoms with E-state index in [4.69, 9.17) is 12.2 Å². The Labute approximate surface area is 155 Å². The lowest BCUT2D eigenvalue weighted by Crippen LogP contribution is -2.15. The molecule has 3 aromatic rings. The van der Waals surface area contributed by atoms with Crippen molar-refractivity contribution in [3.05, 3.63) is 96.6 Å². The Kier molecular flexibility index (Phi) is 6.20. The van der Waals surface area contributed by atoms with Crippen molar-refractivity contribution in [2.45, 2.75) is 12.2 Å². The molecule has 0 aliphatic rings. The molecule has 0 aromatic heterocycles. The van der Waals surface area contributed by atoms with Crippen molar-refractivity contribution in [3.8, 4) is 0 Å². The van der Waals surface area contributed by atoms with Gasteiger partial charge in [-0.3, -0.25) is 0 Å². The van der Waals surface area contributed by atoms with Crippen molar-refractivity contribution in [2.75, 3.05) is 0 Å². The fraction of sp³-hybridized carbons (Fsp3) is 0.0952. The Bertz CT molecular complexity index is 733. The molecule has 0 fully saturated rings. The molecule has 0 saturated heterocycles. The number of rotatable bonds is 5. The Hall–Kier alpha value is -1.47. The summed E-state index contributed by atoms with van der Waals surface area (Å²) in [4.78, 5) is 0. The molecule has 0 saturated carbocycles. The van der Waals surface area contributed by atoms with Gasteiger partial charge in [-0.05, 0) is 23.1 Å². The smallest absolute Gasteiger partial charge is 0.0804 e. The highest BCUT2D eigenvalue weighted by Gasteiger charge is 2.21. The third-order valence-electron chi connectivity index (χ3n) is 3.76. The summed E-state index contributed by atoms with van der Waals surface area (Å²) >= 11 is 7.72. The van der Waals surface area contributed by atoms with Crippen LogP contribution in [0.1, 0.15) is 17.7 Å². The third-order valence-corrected chi connectivity index (χ3v) is 8.28. The molecule has 0 N–H and O–H groups in total. The van der Waals surface area contributed by atoms with Crippen molar-refractivity contribution in [3.63, 3.8) is 0 Å². The van der Waals surface area contributed by atoms with E-state index < -0.39 is 7.92 Å². The standard InChI is InChI=1S/C21H19PS2/c1-17(18-11-5-2-6-12-18)24-21(23)22(19-13-7-3-8-14-19)20-15-9-4-10-16-20/h2-17H,1H3. The normalized spacial score (nSPS) is 12.1. The van der Waals surface area contributed by atoms with Crippen molar-refractivity contribution in [1.82, 2.24) is 0 Å². The lowest BCUT2D eigenvalue weighted by atomic mass is 10.2. The van der Waals surface area contributed by atoms with E-state index in [1.807, 2.05) is 11.8 Å². The minimum Gasteiger partial charge on any atom is -0.106 e. The van der Waals surface area contributed by atoms with Crippen molar-refractivity contribution in [1.29, 1.82) is 0 Å². The molecular formula is C21H19PS2. The maximum absolute atomic E-state index is 5.91. The molecule has 0 radical (unpaired) electrons. The SMILES string of the molecule is CC(SC(=S)P(c1ccccc1)c1ccccc1)c1ccccc1. The first-order valence-electron chi connectivity index (χ1n) is 7.91. The maximum atomic E-state index is 5.91. The minimum atomic E-state index is -0.641. The lowest BCUT2D eigenvalue weighted by molar-refractivity contribution is 1.11. The molecule has 0 amide bonds. The van der Waals surface area contributed by atoms with E-state index in [1.54, 1.807) is 0 Å². The van der Waals surface area contributed by atoms with Gasteiger partial charge in [0.25, 0.3) is 0 Å². The molecular weight excluding hydrogens is 347 g/mol. The zero-order valence-corrected chi connectivity index (χ0v) is 16.0. The summed E-state index contributed by atoms with van der Waals surface area (Å²) in [5.41, 5.74) is 1.32. The molecule has 3 aromatic carbocycles. The Morgan fingerprint density at radius 1 is 0.750 bits per heavy atom. The van der Waals surface area contributed by atoms with Crippen LogP contribution >= 0.6 is 31.9 Å². The fourth-order valence-electron chi connectivity index (χ4n) is 2.51. The van der Waals surface area contributed by atoms with Crippen LogP contribution in [-0.2, 0) is 0 Å². The van der Waals surface area contributed by atoms with Gasteiger partial charge in [-0.25, -0.2) is 0 Å². The van der Waals surface area contributed by atoms with Gasteiger partial charge in [0, 0.05) is 13.2 Å². The summed E-state index contributed by atoms with van der Waals surface area (Å²) in [5, 5.41) is 2.99. The van der Waals surface area contributed by atoms with Crippen LogP contribution in [0.5, 0.6) is 0 Å². The number of thiocarbonyl (C=S) groups is 1. The monoisotopic (exact) mass is 366 g/mol. The summed E-state index contributed by atoms with van der Waals surface area (Å²) in [6.07, 6.45) is 0. The molecule has 0 heterocycles. The van der Waals surface area contributed by atoms with Crippen LogP contribution in [0.3, 0.4) is 0 Å². The third kappa shape index (κ3) is 4.33. The second kappa shape index (κ2) is 8.58. The van der Waals surface area contributed by atoms with Gasteiger partial charge >= 0.3 is 0 Å². The Balaban J connectivity index is 1.87. The van der Waals surface area contributed by atoms with Crippen molar-refractivity contribution >= 4 is 46.4 Å². The number of benzene rings is 3. The fourth-order valence-corrected chi connectivity index (χ4v) is 7.36. The van der Waals surface area contributed by atoms with Crippen LogP contribution in [0.15, 0.2) is 91.0 Å². The van der Waals surface area contributed by atoms with E-state index in [0.29, 0.717) is 5.25 Å². The molecule has 3 heteroatoms. The van der Waals surface area contributed by atoms with Gasteiger partial charge < -0.3 is 0 Å². The van der Waals surface area contributed by atoms with Gasteiger partial charge in [-0.2, -0.15) is 0 Å². The molecule has 0 bridgehead atoms. The zero-order valence-electron chi connectivity index (χ0n) is 13.5. The highest BCUT2D eigenvalue weighted by atomic mass is 32.2. The largest absolute Gasteiger partial charge is 0.106 e. The van der Waals surface area contributed by atoms with Crippen LogP contribution in [0.25, 0.3) is 0 Å². The summed E-state index contributed by atoms with van der Waals surface area (Å²) in [5.74, 6) is 0. The van der Waals surface area contributed by atoms with Crippen LogP contribution in [0, 0.1) is 0 Å². The van der Waals surface area contributed by atoms with Crippen LogP contribution < -0.4 is 10.6 Å². The average Bonchev–Trinajstić information content (AvgIpc) is 2.64. The summed E-state index contributed by atoms with van der Waals surface area (Å²) in [7, 11) is -0.641. The second-order valence-electron chi connectivity index (χ2n) is 5.44. The minimum absolute atomic E-state index is 0.358. The van der Waals surface area contributed by atoms with E-state index >= 15 is 0 Å². The molecule has 0 aliphatic carbocycles. The Morgan fingerprint density at radius 2 is 1.17 bits per heavy atom. The van der Waals surface area contributed by atoms with Gasteiger partial charge in [0.05, 0.1) is 3.94 Å². The molecule has 24 heavy (non-hydrogen) atoms. The maximum Gasteiger partial charge on any atom is 0.0804 e. The first-order valence-corrected chi connectivity index (χ1v) is 10.5. The second-order valence-corrected chi connectivity index (χ2v) is 10.2. The van der Waals surface area contributed by atoms with E-state index in [-0.39, 0.29) is 0 Å². The van der Waals surface area contributed by atoms with E-state index in [9.17, 15) is 0 Å². The highest BCUT2D eigenvalue weighted by molar-refractivity contribution is 8.37. The molecule has 1 unspecified atom stereocenters. The predicted molar refractivity (Wildman–Crippen MR) is 114 cm³/mol. The lowest BCUT2D eigenvalue weighted by Gasteiger charge is -2.21. The highest BCUT2D eigenvalue weighted by Crippen LogP contribution is 2.45. The quantitative estimate of drug-likeness (QED) is 0.407. The Morgan fingerprint density at radius 3 is 1.62 bits per heavy atom. The average molecular weight is 366 g/mol. The van der Waals surface area contributed by atoms with Gasteiger partial charge in [-0.1, -0.05) is 103 Å². The molecule has 0 nitrogen and oxygen atoms in total. The van der Waals surface area contributed by atoms with E-state index in [1.165, 1.54) is 16.2 Å². The first-order chi connectivity index (χ1) is 11.8. The van der Waals surface area contributed by atoms with Crippen LogP contribution in [0.2, 0.25) is 0 Å². The van der Waals surface area contributed by atoms with Gasteiger partial charge in [0.2, 0.25) is 0 Å². The van der Waals surface area contributed by atoms with E-state index in [2.05, 4.69) is 97.9 Å². The summed E-state index contributed by atoms with van der Waals surface area (Å²) < 4.78 is 1.08. The molecule has 0 spiro atoms. The van der Waals surface area contributed by atoms with Gasteiger partial charge in [0.1, 0.15) is 0 Å². The number of hydrogen-bond acceptors (Lipinski definition) is 2. The predicted octanol–water partition coefficient (Wildman–Crippen LogP) is 5.90. The van der Waals surface area contributed by atoms with E-state index in [0.717, 1.165) is 3.94 Å². The first kappa shape index (κ1) is 17.4. The van der Waals surface area contributed by atoms with Crippen molar-refractivity contribution in [2.24, 2.45) is 0 Å². The topological polar surface area (TPSA) is 0 Å². The number of thioether (sulfide) groups is 1. The van der Waals surface area contributed by atoms with Crippen LogP contribution in [-0.4, -0.2) is 3.94 Å². The molecule has 120 valence electrons. The van der Waals surface area contributed by atoms with Gasteiger partial charge in [-0.15, -0.1) is 11.8 Å². The van der Waals surface area contributed by atoms with Crippen LogP contribution in [0.4, 0.5) is 0 Å². The number of hydrogen-bond donors (Lipinski definition) is 0. The zero-order chi connectivity index (χ0) is 16.8. The van der Waals surface area contributed by atoms with Crippen molar-refractivity contribution < 1.29 is 0 Å². The summed E-state index contributed by atoms with van der Waals surface area (Å²) in [6.45, 7) is 2.23. The molecule has 3 rings (SSSR count).